The Morgan fingerprint density at radius 1 is 1.00 bits per heavy atom. The summed E-state index contributed by atoms with van der Waals surface area (Å²) in [5.41, 5.74) is 2.22. The highest BCUT2D eigenvalue weighted by molar-refractivity contribution is 7.97. The molecule has 0 radical (unpaired) electrons. The van der Waals surface area contributed by atoms with E-state index in [4.69, 9.17) is 0 Å². The highest BCUT2D eigenvalue weighted by atomic mass is 32.2. The van der Waals surface area contributed by atoms with Crippen molar-refractivity contribution in [1.82, 2.24) is 4.31 Å². The van der Waals surface area contributed by atoms with E-state index in [-0.39, 0.29) is 0 Å². The Labute approximate surface area is 105 Å². The van der Waals surface area contributed by atoms with Gasteiger partial charge < -0.3 is 5.11 Å². The lowest BCUT2D eigenvalue weighted by atomic mass is 10.2. The Balaban J connectivity index is 1.81. The van der Waals surface area contributed by atoms with Crippen LogP contribution in [-0.2, 0) is 6.54 Å². The zero-order valence-corrected chi connectivity index (χ0v) is 10.1. The van der Waals surface area contributed by atoms with Gasteiger partial charge in [-0.3, -0.25) is 0 Å². The number of aliphatic hydroxyl groups excluding tert-OH is 1. The zero-order valence-electron chi connectivity index (χ0n) is 9.28. The summed E-state index contributed by atoms with van der Waals surface area (Å²) in [7, 11) is 0. The van der Waals surface area contributed by atoms with Gasteiger partial charge in [-0.05, 0) is 23.6 Å². The molecule has 0 amide bonds. The second-order valence-corrected chi connectivity index (χ2v) is 5.15. The van der Waals surface area contributed by atoms with Crippen molar-refractivity contribution in [2.45, 2.75) is 17.7 Å². The molecule has 17 heavy (non-hydrogen) atoms. The molecule has 1 aliphatic rings. The number of hydrogen-bond donors (Lipinski definition) is 1. The lowest BCUT2D eigenvalue weighted by Crippen LogP contribution is -2.16. The monoisotopic (exact) mass is 243 g/mol. The van der Waals surface area contributed by atoms with E-state index in [2.05, 4.69) is 12.1 Å². The summed E-state index contributed by atoms with van der Waals surface area (Å²) in [5.74, 6) is 0. The lowest BCUT2D eigenvalue weighted by molar-refractivity contribution is 0.0710. The van der Waals surface area contributed by atoms with Crippen LogP contribution < -0.4 is 0 Å². The molecule has 1 atom stereocenters. The van der Waals surface area contributed by atoms with Crippen LogP contribution in [0.15, 0.2) is 59.5 Å². The van der Waals surface area contributed by atoms with Gasteiger partial charge in [0.15, 0.2) is 0 Å². The zero-order chi connectivity index (χ0) is 11.7. The fourth-order valence-electron chi connectivity index (χ4n) is 1.99. The van der Waals surface area contributed by atoms with Crippen LogP contribution in [0.2, 0.25) is 0 Å². The van der Waals surface area contributed by atoms with Crippen molar-refractivity contribution >= 4 is 11.9 Å². The van der Waals surface area contributed by atoms with Crippen LogP contribution in [0.5, 0.6) is 0 Å². The molecular weight excluding hydrogens is 230 g/mol. The van der Waals surface area contributed by atoms with Crippen LogP contribution in [0, 0.1) is 0 Å². The standard InChI is InChI=1S/C14H13NOS/c16-14-12-8-4-5-9-13(12)17-15(14)10-11-6-2-1-3-7-11/h1-9,14,16H,10H2. The van der Waals surface area contributed by atoms with Crippen LogP contribution in [0.1, 0.15) is 17.4 Å². The molecule has 2 aromatic rings. The van der Waals surface area contributed by atoms with Gasteiger partial charge in [0.2, 0.25) is 0 Å². The largest absolute Gasteiger partial charge is 0.373 e. The van der Waals surface area contributed by atoms with Crippen molar-refractivity contribution in [3.8, 4) is 0 Å². The SMILES string of the molecule is OC1c2ccccc2SN1Cc1ccccc1. The van der Waals surface area contributed by atoms with Gasteiger partial charge in [-0.25, -0.2) is 4.31 Å². The summed E-state index contributed by atoms with van der Waals surface area (Å²) in [6.07, 6.45) is -0.503. The first kappa shape index (κ1) is 10.8. The van der Waals surface area contributed by atoms with Gasteiger partial charge in [0.1, 0.15) is 6.23 Å². The number of nitrogens with zero attached hydrogens (tertiary/aromatic N) is 1. The first-order valence-electron chi connectivity index (χ1n) is 5.60. The Morgan fingerprint density at radius 3 is 2.47 bits per heavy atom. The Bertz CT molecular complexity index is 515. The predicted molar refractivity (Wildman–Crippen MR) is 69.2 cm³/mol. The van der Waals surface area contributed by atoms with E-state index in [1.165, 1.54) is 5.56 Å². The Hall–Kier alpha value is -1.29. The quantitative estimate of drug-likeness (QED) is 0.819. The molecule has 0 bridgehead atoms. The normalized spacial score (nSPS) is 19.2. The summed E-state index contributed by atoms with van der Waals surface area (Å²) in [5, 5.41) is 10.2. The highest BCUT2D eigenvalue weighted by Crippen LogP contribution is 2.43. The molecule has 0 aromatic heterocycles. The van der Waals surface area contributed by atoms with Crippen molar-refractivity contribution in [3.05, 3.63) is 65.7 Å². The van der Waals surface area contributed by atoms with Crippen molar-refractivity contribution in [1.29, 1.82) is 0 Å². The molecule has 3 heteroatoms. The second kappa shape index (κ2) is 4.53. The van der Waals surface area contributed by atoms with Crippen LogP contribution in [0.3, 0.4) is 0 Å². The maximum Gasteiger partial charge on any atom is 0.144 e. The molecule has 0 spiro atoms. The van der Waals surface area contributed by atoms with Crippen molar-refractivity contribution in [3.63, 3.8) is 0 Å². The third-order valence-corrected chi connectivity index (χ3v) is 4.00. The highest BCUT2D eigenvalue weighted by Gasteiger charge is 2.28. The molecule has 86 valence electrons. The van der Waals surface area contributed by atoms with E-state index in [0.717, 1.165) is 17.0 Å². The summed E-state index contributed by atoms with van der Waals surface area (Å²) < 4.78 is 2.00. The van der Waals surface area contributed by atoms with Crippen LogP contribution in [0.4, 0.5) is 0 Å². The minimum Gasteiger partial charge on any atom is -0.373 e. The van der Waals surface area contributed by atoms with Gasteiger partial charge in [0, 0.05) is 17.0 Å². The molecule has 0 aliphatic carbocycles. The molecule has 1 unspecified atom stereocenters. The Morgan fingerprint density at radius 2 is 1.71 bits per heavy atom. The molecule has 0 saturated carbocycles. The van der Waals surface area contributed by atoms with Crippen LogP contribution in [-0.4, -0.2) is 9.41 Å². The van der Waals surface area contributed by atoms with Gasteiger partial charge in [-0.1, -0.05) is 48.5 Å². The molecule has 1 aliphatic heterocycles. The van der Waals surface area contributed by atoms with Crippen molar-refractivity contribution in [2.24, 2.45) is 0 Å². The summed E-state index contributed by atoms with van der Waals surface area (Å²) in [4.78, 5) is 1.15. The number of rotatable bonds is 2. The summed E-state index contributed by atoms with van der Waals surface area (Å²) in [6.45, 7) is 0.751. The average molecular weight is 243 g/mol. The predicted octanol–water partition coefficient (Wildman–Crippen LogP) is 3.20. The number of fused-ring (bicyclic) bond motifs is 1. The minimum atomic E-state index is -0.503. The lowest BCUT2D eigenvalue weighted by Gasteiger charge is -2.18. The van der Waals surface area contributed by atoms with E-state index in [0.29, 0.717) is 0 Å². The minimum absolute atomic E-state index is 0.503. The molecule has 0 saturated heterocycles. The van der Waals surface area contributed by atoms with Gasteiger partial charge in [-0.15, -0.1) is 0 Å². The summed E-state index contributed by atoms with van der Waals surface area (Å²) in [6, 6.07) is 18.2. The Kier molecular flexibility index (Phi) is 2.89. The van der Waals surface area contributed by atoms with Crippen molar-refractivity contribution in [2.75, 3.05) is 0 Å². The topological polar surface area (TPSA) is 23.5 Å². The van der Waals surface area contributed by atoms with Gasteiger partial charge >= 0.3 is 0 Å². The van der Waals surface area contributed by atoms with E-state index in [1.54, 1.807) is 11.9 Å². The smallest absolute Gasteiger partial charge is 0.144 e. The van der Waals surface area contributed by atoms with E-state index < -0.39 is 6.23 Å². The molecule has 2 nitrogen and oxygen atoms in total. The number of benzene rings is 2. The molecule has 0 fully saturated rings. The molecule has 1 heterocycles. The molecular formula is C14H13NOS. The first-order valence-corrected chi connectivity index (χ1v) is 6.37. The fourth-order valence-corrected chi connectivity index (χ4v) is 3.09. The molecule has 1 N–H and O–H groups in total. The maximum absolute atomic E-state index is 10.2. The third-order valence-electron chi connectivity index (χ3n) is 2.87. The van der Waals surface area contributed by atoms with Gasteiger partial charge in [0.25, 0.3) is 0 Å². The van der Waals surface area contributed by atoms with Gasteiger partial charge in [0.05, 0.1) is 0 Å². The molecule has 3 rings (SSSR count). The number of aliphatic hydroxyl groups is 1. The molecule has 2 aromatic carbocycles. The average Bonchev–Trinajstić information content (AvgIpc) is 2.68. The van der Waals surface area contributed by atoms with E-state index in [9.17, 15) is 5.11 Å². The maximum atomic E-state index is 10.2. The van der Waals surface area contributed by atoms with Crippen molar-refractivity contribution < 1.29 is 5.11 Å². The first-order chi connectivity index (χ1) is 8.34. The van der Waals surface area contributed by atoms with E-state index >= 15 is 0 Å². The third kappa shape index (κ3) is 2.09. The van der Waals surface area contributed by atoms with Crippen LogP contribution >= 0.6 is 11.9 Å². The van der Waals surface area contributed by atoms with Crippen LogP contribution in [0.25, 0.3) is 0 Å². The summed E-state index contributed by atoms with van der Waals surface area (Å²) >= 11 is 1.62. The van der Waals surface area contributed by atoms with E-state index in [1.807, 2.05) is 46.8 Å². The second-order valence-electron chi connectivity index (χ2n) is 4.06. The number of hydrogen-bond acceptors (Lipinski definition) is 3. The fraction of sp³-hybridized carbons (Fsp3) is 0.143. The van der Waals surface area contributed by atoms with Gasteiger partial charge in [-0.2, -0.15) is 0 Å².